The van der Waals surface area contributed by atoms with Gasteiger partial charge >= 0.3 is 12.1 Å². The SMILES string of the molecule is Cn1nc(C(=O)O)cc1-c1c(O)cc(C(F)(F)F)cc1Cl. The molecule has 9 heteroatoms. The van der Waals surface area contributed by atoms with Crippen molar-refractivity contribution in [3.63, 3.8) is 0 Å². The van der Waals surface area contributed by atoms with Gasteiger partial charge in [0.05, 0.1) is 21.8 Å². The number of phenols is 1. The van der Waals surface area contributed by atoms with Gasteiger partial charge in [-0.15, -0.1) is 0 Å². The smallest absolute Gasteiger partial charge is 0.416 e. The van der Waals surface area contributed by atoms with Crippen LogP contribution >= 0.6 is 11.6 Å². The third kappa shape index (κ3) is 2.80. The topological polar surface area (TPSA) is 75.4 Å². The number of aryl methyl sites for hydroxylation is 1. The third-order valence-electron chi connectivity index (χ3n) is 2.75. The number of phenolic OH excluding ortho intramolecular Hbond substituents is 1. The third-order valence-corrected chi connectivity index (χ3v) is 3.05. The Morgan fingerprint density at radius 2 is 1.95 bits per heavy atom. The minimum atomic E-state index is -4.65. The number of benzene rings is 1. The quantitative estimate of drug-likeness (QED) is 0.891. The van der Waals surface area contributed by atoms with E-state index in [1.165, 1.54) is 7.05 Å². The molecule has 2 rings (SSSR count). The van der Waals surface area contributed by atoms with Gasteiger partial charge in [0, 0.05) is 7.05 Å². The van der Waals surface area contributed by atoms with E-state index in [-0.39, 0.29) is 22.0 Å². The first kappa shape index (κ1) is 15.2. The van der Waals surface area contributed by atoms with Gasteiger partial charge < -0.3 is 10.2 Å². The van der Waals surface area contributed by atoms with E-state index >= 15 is 0 Å². The second-order valence-corrected chi connectivity index (χ2v) is 4.60. The number of hydrogen-bond acceptors (Lipinski definition) is 3. The molecular weight excluding hydrogens is 313 g/mol. The molecule has 0 aliphatic heterocycles. The van der Waals surface area contributed by atoms with Gasteiger partial charge in [-0.25, -0.2) is 4.79 Å². The molecule has 21 heavy (non-hydrogen) atoms. The number of aromatic nitrogens is 2. The van der Waals surface area contributed by atoms with Crippen LogP contribution in [0.4, 0.5) is 13.2 Å². The summed E-state index contributed by atoms with van der Waals surface area (Å²) in [5, 5.41) is 21.9. The minimum Gasteiger partial charge on any atom is -0.507 e. The van der Waals surface area contributed by atoms with Crippen molar-refractivity contribution in [2.45, 2.75) is 6.18 Å². The zero-order valence-corrected chi connectivity index (χ0v) is 11.2. The van der Waals surface area contributed by atoms with Crippen LogP contribution < -0.4 is 0 Å². The molecule has 2 N–H and O–H groups in total. The lowest BCUT2D eigenvalue weighted by atomic mass is 10.1. The predicted molar refractivity (Wildman–Crippen MR) is 67.3 cm³/mol. The fourth-order valence-electron chi connectivity index (χ4n) is 1.82. The largest absolute Gasteiger partial charge is 0.507 e. The maximum atomic E-state index is 12.6. The summed E-state index contributed by atoms with van der Waals surface area (Å²) in [5.74, 6) is -2.02. The number of alkyl halides is 3. The first-order valence-corrected chi connectivity index (χ1v) is 5.86. The van der Waals surface area contributed by atoms with Crippen molar-refractivity contribution in [1.82, 2.24) is 9.78 Å². The highest BCUT2D eigenvalue weighted by atomic mass is 35.5. The van der Waals surface area contributed by atoms with Gasteiger partial charge in [-0.05, 0) is 18.2 Å². The number of hydrogen-bond donors (Lipinski definition) is 2. The molecule has 1 heterocycles. The molecule has 1 aromatic heterocycles. The molecule has 0 bridgehead atoms. The van der Waals surface area contributed by atoms with Crippen LogP contribution in [-0.2, 0) is 13.2 Å². The molecule has 0 aliphatic carbocycles. The number of carboxylic acids is 1. The van der Waals surface area contributed by atoms with Crippen LogP contribution in [0.5, 0.6) is 5.75 Å². The second kappa shape index (κ2) is 4.96. The molecular formula is C12H8ClF3N2O3. The van der Waals surface area contributed by atoms with E-state index in [0.717, 1.165) is 10.7 Å². The number of aromatic carboxylic acids is 1. The molecule has 0 saturated carbocycles. The van der Waals surface area contributed by atoms with E-state index in [2.05, 4.69) is 5.10 Å². The Balaban J connectivity index is 2.63. The zero-order chi connectivity index (χ0) is 15.9. The molecule has 0 amide bonds. The van der Waals surface area contributed by atoms with Crippen molar-refractivity contribution in [2.24, 2.45) is 7.05 Å². The van der Waals surface area contributed by atoms with Gasteiger partial charge in [-0.2, -0.15) is 18.3 Å². The zero-order valence-electron chi connectivity index (χ0n) is 10.4. The lowest BCUT2D eigenvalue weighted by molar-refractivity contribution is -0.137. The van der Waals surface area contributed by atoms with Crippen LogP contribution in [0.3, 0.4) is 0 Å². The molecule has 112 valence electrons. The average molecular weight is 321 g/mol. The Hall–Kier alpha value is -2.22. The summed E-state index contributed by atoms with van der Waals surface area (Å²) in [7, 11) is 1.38. The second-order valence-electron chi connectivity index (χ2n) is 4.19. The molecule has 0 atom stereocenters. The van der Waals surface area contributed by atoms with Crippen molar-refractivity contribution in [3.05, 3.63) is 34.5 Å². The Bertz CT molecular complexity index is 702. The van der Waals surface area contributed by atoms with Gasteiger partial charge in [-0.1, -0.05) is 11.6 Å². The number of carbonyl (C=O) groups is 1. The summed E-state index contributed by atoms with van der Waals surface area (Å²) < 4.78 is 38.9. The summed E-state index contributed by atoms with van der Waals surface area (Å²) in [5.41, 5.74) is -1.45. The Morgan fingerprint density at radius 3 is 2.38 bits per heavy atom. The van der Waals surface area contributed by atoms with Crippen molar-refractivity contribution in [2.75, 3.05) is 0 Å². The molecule has 0 saturated heterocycles. The van der Waals surface area contributed by atoms with Gasteiger partial charge in [0.25, 0.3) is 0 Å². The number of nitrogens with zero attached hydrogens (tertiary/aromatic N) is 2. The molecule has 0 radical (unpaired) electrons. The van der Waals surface area contributed by atoms with Crippen molar-refractivity contribution >= 4 is 17.6 Å². The first-order valence-electron chi connectivity index (χ1n) is 5.48. The van der Waals surface area contributed by atoms with Crippen LogP contribution in [0.1, 0.15) is 16.1 Å². The van der Waals surface area contributed by atoms with Crippen LogP contribution in [0.15, 0.2) is 18.2 Å². The van der Waals surface area contributed by atoms with E-state index in [4.69, 9.17) is 16.7 Å². The Labute approximate surface area is 121 Å². The highest BCUT2D eigenvalue weighted by molar-refractivity contribution is 6.33. The number of halogens is 4. The monoisotopic (exact) mass is 320 g/mol. The van der Waals surface area contributed by atoms with E-state index in [1.807, 2.05) is 0 Å². The first-order chi connectivity index (χ1) is 9.61. The molecule has 2 aromatic rings. The molecule has 0 unspecified atom stereocenters. The normalized spacial score (nSPS) is 11.7. The van der Waals surface area contributed by atoms with Gasteiger partial charge in [-0.3, -0.25) is 4.68 Å². The van der Waals surface area contributed by atoms with Gasteiger partial charge in [0.15, 0.2) is 5.69 Å². The van der Waals surface area contributed by atoms with Crippen LogP contribution in [0.2, 0.25) is 5.02 Å². The maximum Gasteiger partial charge on any atom is 0.416 e. The molecule has 0 fully saturated rings. The van der Waals surface area contributed by atoms with Crippen LogP contribution in [0, 0.1) is 0 Å². The van der Waals surface area contributed by atoms with E-state index < -0.39 is 23.5 Å². The van der Waals surface area contributed by atoms with Gasteiger partial charge in [0.2, 0.25) is 0 Å². The summed E-state index contributed by atoms with van der Waals surface area (Å²) in [6, 6.07) is 2.29. The average Bonchev–Trinajstić information content (AvgIpc) is 2.69. The van der Waals surface area contributed by atoms with E-state index in [1.54, 1.807) is 0 Å². The van der Waals surface area contributed by atoms with Crippen molar-refractivity contribution in [1.29, 1.82) is 0 Å². The number of aromatic hydroxyl groups is 1. The molecule has 5 nitrogen and oxygen atoms in total. The summed E-state index contributed by atoms with van der Waals surface area (Å²) in [4.78, 5) is 10.8. The van der Waals surface area contributed by atoms with E-state index in [0.29, 0.717) is 12.1 Å². The highest BCUT2D eigenvalue weighted by Gasteiger charge is 2.32. The lowest BCUT2D eigenvalue weighted by Gasteiger charge is -2.12. The summed E-state index contributed by atoms with van der Waals surface area (Å²) in [6.07, 6.45) is -4.65. The minimum absolute atomic E-state index is 0.0867. The summed E-state index contributed by atoms with van der Waals surface area (Å²) in [6.45, 7) is 0. The summed E-state index contributed by atoms with van der Waals surface area (Å²) >= 11 is 5.79. The predicted octanol–water partition coefficient (Wildman–Crippen LogP) is 3.16. The number of rotatable bonds is 2. The number of carboxylic acid groups (broad SMARTS) is 1. The maximum absolute atomic E-state index is 12.6. The van der Waals surface area contributed by atoms with E-state index in [9.17, 15) is 23.1 Å². The van der Waals surface area contributed by atoms with Gasteiger partial charge in [0.1, 0.15) is 5.75 Å². The lowest BCUT2D eigenvalue weighted by Crippen LogP contribution is -2.05. The Morgan fingerprint density at radius 1 is 1.33 bits per heavy atom. The fourth-order valence-corrected chi connectivity index (χ4v) is 2.13. The van der Waals surface area contributed by atoms with Crippen molar-refractivity contribution in [3.8, 4) is 17.0 Å². The fraction of sp³-hybridized carbons (Fsp3) is 0.167. The van der Waals surface area contributed by atoms with Crippen LogP contribution in [-0.4, -0.2) is 26.0 Å². The molecule has 0 aliphatic rings. The standard InChI is InChI=1S/C12H8ClF3N2O3/c1-18-8(4-7(17-18)11(20)21)10-6(13)2-5(3-9(10)19)12(14,15)16/h2-4,19H,1H3,(H,20,21). The van der Waals surface area contributed by atoms with Crippen molar-refractivity contribution < 1.29 is 28.2 Å². The Kier molecular flexibility index (Phi) is 3.58. The highest BCUT2D eigenvalue weighted by Crippen LogP contribution is 2.41. The molecule has 0 spiro atoms. The van der Waals surface area contributed by atoms with Crippen LogP contribution in [0.25, 0.3) is 11.3 Å². The molecule has 1 aromatic carbocycles.